The molecule has 2 amide bonds. The number of amides is 2. The smallest absolute Gasteiger partial charge is 0.251 e. The van der Waals surface area contributed by atoms with Gasteiger partial charge in [-0.1, -0.05) is 18.2 Å². The van der Waals surface area contributed by atoms with E-state index in [1.54, 1.807) is 36.9 Å². The van der Waals surface area contributed by atoms with Crippen LogP contribution in [0.3, 0.4) is 0 Å². The second-order valence-corrected chi connectivity index (χ2v) is 7.85. The van der Waals surface area contributed by atoms with Crippen molar-refractivity contribution >= 4 is 28.3 Å². The van der Waals surface area contributed by atoms with Crippen LogP contribution in [0.5, 0.6) is 0 Å². The zero-order valence-corrected chi connectivity index (χ0v) is 17.2. The number of nitrogens with one attached hydrogen (secondary N) is 2. The number of nitrogens with zero attached hydrogens (tertiary/aromatic N) is 3. The molecule has 1 aliphatic rings. The van der Waals surface area contributed by atoms with Crippen molar-refractivity contribution in [3.63, 3.8) is 0 Å². The molecule has 2 aromatic carbocycles. The highest BCUT2D eigenvalue weighted by atomic mass is 16.2. The molecule has 0 radical (unpaired) electrons. The summed E-state index contributed by atoms with van der Waals surface area (Å²) in [6, 6.07) is 16.9. The van der Waals surface area contributed by atoms with Crippen LogP contribution in [0.1, 0.15) is 34.1 Å². The average molecular weight is 423 g/mol. The van der Waals surface area contributed by atoms with Crippen LogP contribution in [-0.2, 0) is 11.3 Å². The van der Waals surface area contributed by atoms with E-state index in [1.807, 2.05) is 42.5 Å². The molecule has 2 heterocycles. The predicted molar refractivity (Wildman–Crippen MR) is 121 cm³/mol. The van der Waals surface area contributed by atoms with E-state index in [2.05, 4.69) is 25.6 Å². The topological polar surface area (TPSA) is 96.9 Å². The van der Waals surface area contributed by atoms with E-state index in [9.17, 15) is 9.59 Å². The Hall–Kier alpha value is -4.13. The first-order valence-electron chi connectivity index (χ1n) is 10.5. The summed E-state index contributed by atoms with van der Waals surface area (Å²) in [4.78, 5) is 37.6. The molecule has 0 saturated heterocycles. The van der Waals surface area contributed by atoms with Crippen LogP contribution in [0.25, 0.3) is 10.8 Å². The van der Waals surface area contributed by atoms with Gasteiger partial charge in [0, 0.05) is 47.3 Å². The van der Waals surface area contributed by atoms with Gasteiger partial charge in [0.15, 0.2) is 0 Å². The van der Waals surface area contributed by atoms with Crippen molar-refractivity contribution in [2.75, 3.05) is 5.32 Å². The zero-order chi connectivity index (χ0) is 21.9. The van der Waals surface area contributed by atoms with E-state index < -0.39 is 0 Å². The molecule has 4 aromatic rings. The average Bonchev–Trinajstić information content (AvgIpc) is 3.65. The number of hydrogen-bond acceptors (Lipinski definition) is 5. The molecule has 32 heavy (non-hydrogen) atoms. The van der Waals surface area contributed by atoms with Gasteiger partial charge in [0.25, 0.3) is 5.91 Å². The Balaban J connectivity index is 1.21. The quantitative estimate of drug-likeness (QED) is 0.493. The van der Waals surface area contributed by atoms with Gasteiger partial charge in [-0.3, -0.25) is 14.6 Å². The van der Waals surface area contributed by atoms with E-state index in [-0.39, 0.29) is 30.2 Å². The van der Waals surface area contributed by atoms with E-state index >= 15 is 0 Å². The number of anilines is 1. The van der Waals surface area contributed by atoms with Gasteiger partial charge in [-0.15, -0.1) is 0 Å². The van der Waals surface area contributed by atoms with E-state index in [4.69, 9.17) is 0 Å². The summed E-state index contributed by atoms with van der Waals surface area (Å²) in [5.41, 5.74) is 2.33. The summed E-state index contributed by atoms with van der Waals surface area (Å²) in [5, 5.41) is 7.92. The van der Waals surface area contributed by atoms with Crippen molar-refractivity contribution in [3.05, 3.63) is 96.3 Å². The number of carbonyl (C=O) groups is 2. The number of aromatic nitrogens is 3. The second-order valence-electron chi connectivity index (χ2n) is 7.85. The minimum absolute atomic E-state index is 0.000475. The van der Waals surface area contributed by atoms with Gasteiger partial charge in [0.05, 0.1) is 6.54 Å². The molecule has 7 nitrogen and oxygen atoms in total. The largest absolute Gasteiger partial charge is 0.345 e. The van der Waals surface area contributed by atoms with Crippen molar-refractivity contribution < 1.29 is 9.59 Å². The Morgan fingerprint density at radius 3 is 2.69 bits per heavy atom. The van der Waals surface area contributed by atoms with E-state index in [0.717, 1.165) is 28.4 Å². The third-order valence-corrected chi connectivity index (χ3v) is 5.64. The molecule has 0 bridgehead atoms. The minimum Gasteiger partial charge on any atom is -0.345 e. The van der Waals surface area contributed by atoms with Crippen molar-refractivity contribution in [1.82, 2.24) is 20.3 Å². The number of hydrogen-bond donors (Lipinski definition) is 2. The molecule has 5 rings (SSSR count). The molecular weight excluding hydrogens is 402 g/mol. The highest BCUT2D eigenvalue weighted by Crippen LogP contribution is 2.48. The Kier molecular flexibility index (Phi) is 5.29. The molecule has 2 aromatic heterocycles. The van der Waals surface area contributed by atoms with Crippen LogP contribution in [-0.4, -0.2) is 26.8 Å². The molecule has 2 atom stereocenters. The Morgan fingerprint density at radius 1 is 0.938 bits per heavy atom. The van der Waals surface area contributed by atoms with Gasteiger partial charge in [-0.25, -0.2) is 9.97 Å². The van der Waals surface area contributed by atoms with Crippen molar-refractivity contribution in [2.45, 2.75) is 18.9 Å². The standard InChI is InChI=1S/C25H21N5O2/c31-24(29-15-23-27-8-2-9-28-23)18-4-1-3-17(11-18)21-13-22(21)25(32)30-20-6-5-19-14-26-10-7-16(19)12-20/h1-12,14,21-22H,13,15H2,(H,29,31)(H,30,32)/t21-,22+/m0/s1. The molecule has 2 N–H and O–H groups in total. The Bertz CT molecular complexity index is 1290. The molecule has 1 aliphatic carbocycles. The van der Waals surface area contributed by atoms with Gasteiger partial charge in [-0.2, -0.15) is 0 Å². The van der Waals surface area contributed by atoms with Crippen LogP contribution in [0.4, 0.5) is 5.69 Å². The summed E-state index contributed by atoms with van der Waals surface area (Å²) in [5.74, 6) is 0.385. The first-order chi connectivity index (χ1) is 15.7. The first-order valence-corrected chi connectivity index (χ1v) is 10.5. The van der Waals surface area contributed by atoms with Gasteiger partial charge in [0.2, 0.25) is 5.91 Å². The summed E-state index contributed by atoms with van der Waals surface area (Å²) >= 11 is 0. The first kappa shape index (κ1) is 19.8. The number of carbonyl (C=O) groups excluding carboxylic acids is 2. The molecule has 0 spiro atoms. The third-order valence-electron chi connectivity index (χ3n) is 5.64. The lowest BCUT2D eigenvalue weighted by Gasteiger charge is -2.08. The lowest BCUT2D eigenvalue weighted by atomic mass is 10.0. The summed E-state index contributed by atoms with van der Waals surface area (Å²) < 4.78 is 0. The van der Waals surface area contributed by atoms with Crippen molar-refractivity contribution in [2.24, 2.45) is 5.92 Å². The van der Waals surface area contributed by atoms with Crippen molar-refractivity contribution in [3.8, 4) is 0 Å². The van der Waals surface area contributed by atoms with Crippen LogP contribution in [0, 0.1) is 5.92 Å². The van der Waals surface area contributed by atoms with Crippen LogP contribution in [0.15, 0.2) is 79.4 Å². The van der Waals surface area contributed by atoms with E-state index in [1.165, 1.54) is 0 Å². The maximum absolute atomic E-state index is 12.8. The highest BCUT2D eigenvalue weighted by Gasteiger charge is 2.44. The maximum atomic E-state index is 12.8. The molecule has 1 fully saturated rings. The highest BCUT2D eigenvalue weighted by molar-refractivity contribution is 5.98. The number of rotatable bonds is 6. The zero-order valence-electron chi connectivity index (χ0n) is 17.2. The van der Waals surface area contributed by atoms with Gasteiger partial charge in [-0.05, 0) is 59.7 Å². The maximum Gasteiger partial charge on any atom is 0.251 e. The van der Waals surface area contributed by atoms with Gasteiger partial charge in [0.1, 0.15) is 5.82 Å². The summed E-state index contributed by atoms with van der Waals surface area (Å²) in [7, 11) is 0. The number of pyridine rings is 1. The number of fused-ring (bicyclic) bond motifs is 1. The lowest BCUT2D eigenvalue weighted by Crippen LogP contribution is -2.24. The fourth-order valence-corrected chi connectivity index (χ4v) is 3.84. The minimum atomic E-state index is -0.188. The summed E-state index contributed by atoms with van der Waals surface area (Å²) in [6.45, 7) is 0.264. The third kappa shape index (κ3) is 4.32. The van der Waals surface area contributed by atoms with Crippen LogP contribution >= 0.6 is 0 Å². The lowest BCUT2D eigenvalue weighted by molar-refractivity contribution is -0.117. The fraction of sp³-hybridized carbons (Fsp3) is 0.160. The SMILES string of the molecule is O=C(NCc1ncccn1)c1cccc([C@@H]2C[C@H]2C(=O)Nc2ccc3cnccc3c2)c1. The van der Waals surface area contributed by atoms with Gasteiger partial charge >= 0.3 is 0 Å². The second kappa shape index (κ2) is 8.55. The molecular formula is C25H21N5O2. The Morgan fingerprint density at radius 2 is 1.81 bits per heavy atom. The van der Waals surface area contributed by atoms with Crippen LogP contribution < -0.4 is 10.6 Å². The number of benzene rings is 2. The normalized spacial score (nSPS) is 17.0. The van der Waals surface area contributed by atoms with Crippen molar-refractivity contribution in [1.29, 1.82) is 0 Å². The van der Waals surface area contributed by atoms with Gasteiger partial charge < -0.3 is 10.6 Å². The molecule has 158 valence electrons. The molecule has 0 unspecified atom stereocenters. The van der Waals surface area contributed by atoms with E-state index in [0.29, 0.717) is 11.4 Å². The fourth-order valence-electron chi connectivity index (χ4n) is 3.84. The van der Waals surface area contributed by atoms with Crippen LogP contribution in [0.2, 0.25) is 0 Å². The predicted octanol–water partition coefficient (Wildman–Crippen LogP) is 3.70. The summed E-state index contributed by atoms with van der Waals surface area (Å²) in [6.07, 6.45) is 7.59. The monoisotopic (exact) mass is 423 g/mol. The molecule has 7 heteroatoms. The molecule has 1 saturated carbocycles. The Labute approximate surface area is 184 Å². The molecule has 0 aliphatic heterocycles.